The van der Waals surface area contributed by atoms with Crippen LogP contribution < -0.4 is 0 Å². The van der Waals surface area contributed by atoms with Gasteiger partial charge in [-0.3, -0.25) is 9.59 Å². The number of aliphatic hydroxyl groups is 1. The Kier molecular flexibility index (Phi) is 64.8. The second-order valence-electron chi connectivity index (χ2n) is 22.2. The van der Waals surface area contributed by atoms with Gasteiger partial charge in [-0.25, -0.2) is 0 Å². The third-order valence-corrected chi connectivity index (χ3v) is 14.6. The van der Waals surface area contributed by atoms with Crippen LogP contribution >= 0.6 is 0 Å². The Labute approximate surface area is 484 Å². The van der Waals surface area contributed by atoms with Crippen LogP contribution in [0.3, 0.4) is 0 Å². The van der Waals surface area contributed by atoms with Crippen molar-refractivity contribution in [2.45, 2.75) is 328 Å². The molecule has 0 aliphatic rings. The maximum atomic E-state index is 12.4. The van der Waals surface area contributed by atoms with E-state index in [1.807, 2.05) is 0 Å². The third kappa shape index (κ3) is 65.1. The minimum absolute atomic E-state index is 0.0671. The highest BCUT2D eigenvalue weighted by Gasteiger charge is 2.16. The lowest BCUT2D eigenvalue weighted by molar-refractivity contribution is -0.161. The number of carbonyl (C=O) groups is 2. The highest BCUT2D eigenvalue weighted by atomic mass is 16.6. The predicted molar refractivity (Wildman–Crippen MR) is 343 cm³/mol. The molecule has 0 aromatic carbocycles. The smallest absolute Gasteiger partial charge is 0.306 e. The van der Waals surface area contributed by atoms with Crippen molar-refractivity contribution >= 4 is 11.9 Å². The van der Waals surface area contributed by atoms with Crippen LogP contribution in [0.15, 0.2) is 109 Å². The summed E-state index contributed by atoms with van der Waals surface area (Å²) in [5, 5.41) is 9.69. The molecule has 448 valence electrons. The summed E-state index contributed by atoms with van der Waals surface area (Å²) in [5.74, 6) is -0.583. The summed E-state index contributed by atoms with van der Waals surface area (Å²) in [7, 11) is 0. The van der Waals surface area contributed by atoms with Crippen LogP contribution in [0.25, 0.3) is 0 Å². The Morgan fingerprint density at radius 2 is 0.551 bits per heavy atom. The Morgan fingerprint density at radius 3 is 0.833 bits per heavy atom. The minimum atomic E-state index is -0.777. The van der Waals surface area contributed by atoms with Crippen molar-refractivity contribution in [2.75, 3.05) is 13.2 Å². The summed E-state index contributed by atoms with van der Waals surface area (Å²) in [4.78, 5) is 24.6. The van der Waals surface area contributed by atoms with Crippen molar-refractivity contribution in [3.05, 3.63) is 109 Å². The number of esters is 2. The second-order valence-corrected chi connectivity index (χ2v) is 22.2. The van der Waals surface area contributed by atoms with Gasteiger partial charge in [0.15, 0.2) is 6.10 Å². The van der Waals surface area contributed by atoms with E-state index in [1.54, 1.807) is 0 Å². The van der Waals surface area contributed by atoms with Crippen LogP contribution in [0.2, 0.25) is 0 Å². The molecule has 0 saturated carbocycles. The maximum absolute atomic E-state index is 12.4. The molecule has 0 rings (SSSR count). The largest absolute Gasteiger partial charge is 0.462 e. The maximum Gasteiger partial charge on any atom is 0.306 e. The summed E-state index contributed by atoms with van der Waals surface area (Å²) in [6.07, 6.45) is 98.2. The molecule has 0 amide bonds. The van der Waals surface area contributed by atoms with E-state index < -0.39 is 6.10 Å². The molecule has 0 spiro atoms. The van der Waals surface area contributed by atoms with Crippen LogP contribution in [0.1, 0.15) is 322 Å². The van der Waals surface area contributed by atoms with E-state index in [0.29, 0.717) is 12.8 Å². The molecular formula is C73H126O5. The first-order valence-corrected chi connectivity index (χ1v) is 33.4. The molecule has 0 saturated heterocycles. The van der Waals surface area contributed by atoms with Crippen LogP contribution in [0.4, 0.5) is 0 Å². The van der Waals surface area contributed by atoms with Gasteiger partial charge in [0, 0.05) is 12.8 Å². The zero-order valence-electron chi connectivity index (χ0n) is 51.4. The van der Waals surface area contributed by atoms with Crippen molar-refractivity contribution in [3.8, 4) is 0 Å². The molecule has 5 heteroatoms. The fourth-order valence-electron chi connectivity index (χ4n) is 9.57. The van der Waals surface area contributed by atoms with Crippen molar-refractivity contribution in [3.63, 3.8) is 0 Å². The number of aliphatic hydroxyl groups excluding tert-OH is 1. The summed E-state index contributed by atoms with van der Waals surface area (Å²) < 4.78 is 10.7. The van der Waals surface area contributed by atoms with Gasteiger partial charge in [0.1, 0.15) is 6.61 Å². The lowest BCUT2D eigenvalue weighted by Crippen LogP contribution is -2.28. The predicted octanol–water partition coefficient (Wildman–Crippen LogP) is 23.2. The topological polar surface area (TPSA) is 72.8 Å². The van der Waals surface area contributed by atoms with E-state index in [9.17, 15) is 14.7 Å². The fraction of sp³-hybridized carbons (Fsp3) is 0.726. The number of hydrogen-bond donors (Lipinski definition) is 1. The Morgan fingerprint density at radius 1 is 0.308 bits per heavy atom. The molecule has 0 bridgehead atoms. The quantitative estimate of drug-likeness (QED) is 0.0373. The highest BCUT2D eigenvalue weighted by molar-refractivity contribution is 5.70. The van der Waals surface area contributed by atoms with Crippen molar-refractivity contribution in [1.82, 2.24) is 0 Å². The van der Waals surface area contributed by atoms with E-state index in [0.717, 1.165) is 89.9 Å². The lowest BCUT2D eigenvalue weighted by Gasteiger charge is -2.15. The Balaban J connectivity index is 3.46. The van der Waals surface area contributed by atoms with Gasteiger partial charge < -0.3 is 14.6 Å². The van der Waals surface area contributed by atoms with Gasteiger partial charge in [-0.15, -0.1) is 0 Å². The Bertz CT molecular complexity index is 1510. The molecule has 0 radical (unpaired) electrons. The van der Waals surface area contributed by atoms with Crippen molar-refractivity contribution < 1.29 is 24.2 Å². The van der Waals surface area contributed by atoms with Crippen LogP contribution in [0, 0.1) is 0 Å². The molecule has 5 nitrogen and oxygen atoms in total. The lowest BCUT2D eigenvalue weighted by atomic mass is 10.0. The number of carbonyl (C=O) groups excluding carboxylic acids is 2. The molecule has 0 aromatic rings. The SMILES string of the molecule is CC/C=C\C/C=C\C/C=C\C/C=C\C/C=C\C/C=C\C/C=C\CCCCCCCCCCCCCCCCCCCCCC(=O)OC(CO)COC(=O)CCCCCCCCCCCCC/C=C\C/C=C\CCCCCCC. The average molecular weight is 1080 g/mol. The van der Waals surface area contributed by atoms with Crippen molar-refractivity contribution in [2.24, 2.45) is 0 Å². The molecular weight excluding hydrogens is 957 g/mol. The van der Waals surface area contributed by atoms with E-state index in [-0.39, 0.29) is 25.2 Å². The van der Waals surface area contributed by atoms with Gasteiger partial charge in [-0.05, 0) is 103 Å². The highest BCUT2D eigenvalue weighted by Crippen LogP contribution is 2.17. The van der Waals surface area contributed by atoms with Gasteiger partial charge in [0.25, 0.3) is 0 Å². The van der Waals surface area contributed by atoms with Gasteiger partial charge in [-0.2, -0.15) is 0 Å². The minimum Gasteiger partial charge on any atom is -0.462 e. The zero-order valence-corrected chi connectivity index (χ0v) is 51.4. The van der Waals surface area contributed by atoms with E-state index in [4.69, 9.17) is 9.47 Å². The van der Waals surface area contributed by atoms with Gasteiger partial charge >= 0.3 is 11.9 Å². The fourth-order valence-corrected chi connectivity index (χ4v) is 9.57. The summed E-state index contributed by atoms with van der Waals surface area (Å²) in [6, 6.07) is 0. The molecule has 0 aliphatic heterocycles. The Hall–Kier alpha value is -3.44. The molecule has 1 N–H and O–H groups in total. The molecule has 0 aromatic heterocycles. The first-order valence-electron chi connectivity index (χ1n) is 33.4. The number of hydrogen-bond acceptors (Lipinski definition) is 5. The van der Waals surface area contributed by atoms with Crippen LogP contribution in [0.5, 0.6) is 0 Å². The zero-order chi connectivity index (χ0) is 56.2. The summed E-state index contributed by atoms with van der Waals surface area (Å²) >= 11 is 0. The van der Waals surface area contributed by atoms with E-state index in [1.165, 1.54) is 205 Å². The molecule has 0 aliphatic carbocycles. The average Bonchev–Trinajstić information content (AvgIpc) is 3.44. The summed E-state index contributed by atoms with van der Waals surface area (Å²) in [5.41, 5.74) is 0. The van der Waals surface area contributed by atoms with Crippen LogP contribution in [-0.2, 0) is 19.1 Å². The van der Waals surface area contributed by atoms with Crippen molar-refractivity contribution in [1.29, 1.82) is 0 Å². The normalized spacial score (nSPS) is 12.9. The van der Waals surface area contributed by atoms with E-state index >= 15 is 0 Å². The number of unbranched alkanes of at least 4 members (excludes halogenated alkanes) is 35. The first kappa shape index (κ1) is 74.6. The van der Waals surface area contributed by atoms with Gasteiger partial charge in [0.05, 0.1) is 6.61 Å². The first-order chi connectivity index (χ1) is 38.6. The van der Waals surface area contributed by atoms with Crippen LogP contribution in [-0.4, -0.2) is 36.4 Å². The standard InChI is InChI=1S/C73H126O5/c1-3-5-7-9-11-13-15-17-19-21-23-25-27-28-29-30-31-32-33-34-35-36-37-38-39-40-41-42-43-44-46-48-50-52-54-56-58-60-62-64-66-68-73(76)78-71(69-74)70-77-72(75)67-65-63-61-59-57-55-53-51-49-47-45-26-24-22-20-18-16-14-12-10-8-6-4-2/h5,7,11,13,16-19,22-25,28-29,31-32,34-35,71,74H,3-4,6,8-10,12,14-15,20-21,26-27,30,33,36-70H2,1-2H3/b7-5-,13-11-,18-16-,19-17-,24-22-,25-23-,29-28-,32-31-,35-34-. The third-order valence-electron chi connectivity index (χ3n) is 14.6. The second kappa shape index (κ2) is 67.8. The molecule has 78 heavy (non-hydrogen) atoms. The van der Waals surface area contributed by atoms with Gasteiger partial charge in [-0.1, -0.05) is 316 Å². The molecule has 0 heterocycles. The van der Waals surface area contributed by atoms with Gasteiger partial charge in [0.2, 0.25) is 0 Å². The van der Waals surface area contributed by atoms with E-state index in [2.05, 4.69) is 123 Å². The molecule has 1 atom stereocenters. The number of ether oxygens (including phenoxy) is 2. The number of rotatable bonds is 61. The summed E-state index contributed by atoms with van der Waals surface area (Å²) in [6.45, 7) is 4.04. The molecule has 1 unspecified atom stereocenters. The number of allylic oxidation sites excluding steroid dienone is 18. The molecule has 0 fully saturated rings. The monoisotopic (exact) mass is 1080 g/mol.